The van der Waals surface area contributed by atoms with Gasteiger partial charge in [0.2, 0.25) is 0 Å². The van der Waals surface area contributed by atoms with Crippen LogP contribution in [0.4, 0.5) is 4.79 Å². The molecule has 1 saturated heterocycles. The van der Waals surface area contributed by atoms with Gasteiger partial charge in [0.1, 0.15) is 0 Å². The number of hydrogen-bond donors (Lipinski definition) is 3. The Kier molecular flexibility index (Phi) is 4.70. The predicted octanol–water partition coefficient (Wildman–Crippen LogP) is -1.12. The maximum Gasteiger partial charge on any atom is 0.338 e. The van der Waals surface area contributed by atoms with Gasteiger partial charge in [0, 0.05) is 6.04 Å². The molecule has 2 amide bonds. The highest BCUT2D eigenvalue weighted by Crippen LogP contribution is 2.11. The van der Waals surface area contributed by atoms with E-state index in [9.17, 15) is 18.0 Å². The van der Waals surface area contributed by atoms with Crippen molar-refractivity contribution in [1.29, 1.82) is 0 Å². The fraction of sp³-hybridized carbons (Fsp3) is 0.750. The highest BCUT2D eigenvalue weighted by Gasteiger charge is 2.25. The van der Waals surface area contributed by atoms with Gasteiger partial charge in [-0.05, 0) is 12.8 Å². The minimum atomic E-state index is -3.09. The summed E-state index contributed by atoms with van der Waals surface area (Å²) in [4.78, 5) is 25.6. The van der Waals surface area contributed by atoms with Gasteiger partial charge in [-0.3, -0.25) is 4.84 Å². The third-order valence-corrected chi connectivity index (χ3v) is 3.98. The monoisotopic (exact) mass is 266 g/mol. The number of aliphatic carboxylic acids is 1. The van der Waals surface area contributed by atoms with Crippen LogP contribution in [0, 0.1) is 0 Å². The van der Waals surface area contributed by atoms with Crippen molar-refractivity contribution in [3.63, 3.8) is 0 Å². The lowest BCUT2D eigenvalue weighted by atomic mass is 10.2. The molecule has 9 heteroatoms. The first kappa shape index (κ1) is 13.7. The van der Waals surface area contributed by atoms with Crippen LogP contribution in [-0.2, 0) is 19.5 Å². The zero-order valence-corrected chi connectivity index (χ0v) is 9.83. The lowest BCUT2D eigenvalue weighted by Crippen LogP contribution is -2.47. The van der Waals surface area contributed by atoms with Crippen LogP contribution < -0.4 is 10.8 Å². The molecule has 0 spiro atoms. The van der Waals surface area contributed by atoms with E-state index >= 15 is 0 Å². The molecule has 0 aromatic carbocycles. The summed E-state index contributed by atoms with van der Waals surface area (Å²) >= 11 is 0. The van der Waals surface area contributed by atoms with E-state index in [0.717, 1.165) is 0 Å². The topological polar surface area (TPSA) is 122 Å². The summed E-state index contributed by atoms with van der Waals surface area (Å²) < 4.78 is 22.5. The van der Waals surface area contributed by atoms with E-state index in [-0.39, 0.29) is 11.5 Å². The Morgan fingerprint density at radius 3 is 2.71 bits per heavy atom. The lowest BCUT2D eigenvalue weighted by molar-refractivity contribution is -0.144. The van der Waals surface area contributed by atoms with E-state index in [1.807, 2.05) is 5.48 Å². The highest BCUT2D eigenvalue weighted by atomic mass is 32.2. The van der Waals surface area contributed by atoms with E-state index in [4.69, 9.17) is 5.11 Å². The Bertz CT molecular complexity index is 393. The van der Waals surface area contributed by atoms with Crippen molar-refractivity contribution < 1.29 is 28.0 Å². The summed E-state index contributed by atoms with van der Waals surface area (Å²) in [5, 5.41) is 10.6. The van der Waals surface area contributed by atoms with E-state index in [1.165, 1.54) is 0 Å². The fourth-order valence-electron chi connectivity index (χ4n) is 1.51. The van der Waals surface area contributed by atoms with Crippen molar-refractivity contribution >= 4 is 21.8 Å². The van der Waals surface area contributed by atoms with Gasteiger partial charge in [-0.25, -0.2) is 23.5 Å². The molecule has 0 aliphatic carbocycles. The minimum absolute atomic E-state index is 0.0979. The molecule has 98 valence electrons. The van der Waals surface area contributed by atoms with E-state index in [0.29, 0.717) is 12.8 Å². The quantitative estimate of drug-likeness (QED) is 0.554. The molecule has 0 saturated carbocycles. The molecule has 1 atom stereocenters. The highest BCUT2D eigenvalue weighted by molar-refractivity contribution is 7.91. The summed E-state index contributed by atoms with van der Waals surface area (Å²) in [6.07, 6.45) is 1.08. The van der Waals surface area contributed by atoms with Crippen LogP contribution in [-0.4, -0.2) is 49.7 Å². The van der Waals surface area contributed by atoms with Gasteiger partial charge >= 0.3 is 12.0 Å². The van der Waals surface area contributed by atoms with Crippen LogP contribution in [0.5, 0.6) is 0 Å². The van der Waals surface area contributed by atoms with Gasteiger partial charge in [0.15, 0.2) is 16.4 Å². The molecule has 1 heterocycles. The molecule has 1 rings (SSSR count). The maximum atomic E-state index is 11.3. The number of hydrogen-bond acceptors (Lipinski definition) is 5. The number of sulfone groups is 1. The van der Waals surface area contributed by atoms with Crippen LogP contribution in [0.15, 0.2) is 0 Å². The molecule has 1 aliphatic rings. The SMILES string of the molecule is O=C(O)CONC(=O)NC1CCCS(=O)(=O)C1. The van der Waals surface area contributed by atoms with Gasteiger partial charge < -0.3 is 10.4 Å². The number of urea groups is 1. The summed E-state index contributed by atoms with van der Waals surface area (Å²) in [7, 11) is -3.09. The van der Waals surface area contributed by atoms with Gasteiger partial charge in [-0.1, -0.05) is 0 Å². The van der Waals surface area contributed by atoms with Gasteiger partial charge in [-0.15, -0.1) is 0 Å². The number of carboxylic acids is 1. The second-order valence-electron chi connectivity index (χ2n) is 3.71. The number of carbonyl (C=O) groups is 2. The Balaban J connectivity index is 2.28. The first-order valence-electron chi connectivity index (χ1n) is 4.99. The zero-order valence-electron chi connectivity index (χ0n) is 9.01. The summed E-state index contributed by atoms with van der Waals surface area (Å²) in [5.41, 5.74) is 1.86. The zero-order chi connectivity index (χ0) is 12.9. The standard InChI is InChI=1S/C8H14N2O6S/c11-7(12)4-16-10-8(13)9-6-2-1-3-17(14,15)5-6/h6H,1-5H2,(H,11,12)(H2,9,10,13). The van der Waals surface area contributed by atoms with Crippen LogP contribution in [0.25, 0.3) is 0 Å². The molecule has 0 bridgehead atoms. The van der Waals surface area contributed by atoms with Crippen molar-refractivity contribution in [3.8, 4) is 0 Å². The Morgan fingerprint density at radius 2 is 2.12 bits per heavy atom. The molecule has 3 N–H and O–H groups in total. The number of carboxylic acid groups (broad SMARTS) is 1. The number of hydroxylamine groups is 1. The second kappa shape index (κ2) is 5.82. The van der Waals surface area contributed by atoms with Gasteiger partial charge in [-0.2, -0.15) is 0 Å². The molecule has 17 heavy (non-hydrogen) atoms. The number of carbonyl (C=O) groups excluding carboxylic acids is 1. The van der Waals surface area contributed by atoms with Crippen LogP contribution in [0.1, 0.15) is 12.8 Å². The molecular formula is C8H14N2O6S. The Labute approximate surface area is 98.2 Å². The van der Waals surface area contributed by atoms with Crippen molar-refractivity contribution in [1.82, 2.24) is 10.8 Å². The van der Waals surface area contributed by atoms with Crippen LogP contribution >= 0.6 is 0 Å². The lowest BCUT2D eigenvalue weighted by Gasteiger charge is -2.22. The van der Waals surface area contributed by atoms with Crippen molar-refractivity contribution in [2.45, 2.75) is 18.9 Å². The van der Waals surface area contributed by atoms with Crippen molar-refractivity contribution in [2.24, 2.45) is 0 Å². The minimum Gasteiger partial charge on any atom is -0.479 e. The van der Waals surface area contributed by atoms with E-state index in [2.05, 4.69) is 10.2 Å². The second-order valence-corrected chi connectivity index (χ2v) is 5.94. The fourth-order valence-corrected chi connectivity index (χ4v) is 3.15. The molecule has 1 unspecified atom stereocenters. The molecule has 1 aliphatic heterocycles. The molecule has 0 aromatic rings. The molecule has 0 aromatic heterocycles. The average Bonchev–Trinajstić information content (AvgIpc) is 2.14. The number of nitrogens with one attached hydrogen (secondary N) is 2. The van der Waals surface area contributed by atoms with Gasteiger partial charge in [0.25, 0.3) is 0 Å². The number of rotatable bonds is 4. The third-order valence-electron chi connectivity index (χ3n) is 2.16. The van der Waals surface area contributed by atoms with E-state index in [1.54, 1.807) is 0 Å². The normalized spacial score (nSPS) is 22.7. The molecule has 0 radical (unpaired) electrons. The Hall–Kier alpha value is -1.35. The largest absolute Gasteiger partial charge is 0.479 e. The maximum absolute atomic E-state index is 11.3. The first-order chi connectivity index (χ1) is 7.89. The van der Waals surface area contributed by atoms with Crippen molar-refractivity contribution in [2.75, 3.05) is 18.1 Å². The molecular weight excluding hydrogens is 252 g/mol. The Morgan fingerprint density at radius 1 is 1.41 bits per heavy atom. The summed E-state index contributed by atoms with van der Waals surface area (Å²) in [5.74, 6) is -1.17. The molecule has 8 nitrogen and oxygen atoms in total. The average molecular weight is 266 g/mol. The van der Waals surface area contributed by atoms with Crippen molar-refractivity contribution in [3.05, 3.63) is 0 Å². The third kappa shape index (κ3) is 5.50. The first-order valence-corrected chi connectivity index (χ1v) is 6.82. The van der Waals surface area contributed by atoms with Crippen LogP contribution in [0.2, 0.25) is 0 Å². The number of amides is 2. The smallest absolute Gasteiger partial charge is 0.338 e. The predicted molar refractivity (Wildman–Crippen MR) is 56.9 cm³/mol. The van der Waals surface area contributed by atoms with Gasteiger partial charge in [0.05, 0.1) is 11.5 Å². The van der Waals surface area contributed by atoms with E-state index < -0.39 is 34.5 Å². The summed E-state index contributed by atoms with van der Waals surface area (Å²) in [6.45, 7) is -0.656. The van der Waals surface area contributed by atoms with Crippen LogP contribution in [0.3, 0.4) is 0 Å². The molecule has 1 fully saturated rings. The summed E-state index contributed by atoms with van der Waals surface area (Å²) in [6, 6.07) is -1.20.